The molecule has 1 amide bonds. The predicted octanol–water partition coefficient (Wildman–Crippen LogP) is 0.699. The lowest BCUT2D eigenvalue weighted by atomic mass is 10.2. The molecule has 17 heavy (non-hydrogen) atoms. The van der Waals surface area contributed by atoms with Gasteiger partial charge < -0.3 is 15.4 Å². The Bertz CT molecular complexity index is 350. The van der Waals surface area contributed by atoms with E-state index in [-0.39, 0.29) is 18.1 Å². The molecule has 1 aliphatic heterocycles. The van der Waals surface area contributed by atoms with E-state index >= 15 is 0 Å². The van der Waals surface area contributed by atoms with Crippen LogP contribution >= 0.6 is 11.3 Å². The zero-order chi connectivity index (χ0) is 12.1. The number of rotatable bonds is 4. The van der Waals surface area contributed by atoms with E-state index in [1.54, 1.807) is 17.5 Å². The summed E-state index contributed by atoms with van der Waals surface area (Å²) in [4.78, 5) is 16.0. The normalized spacial score (nSPS) is 22.1. The number of thiazole rings is 1. The van der Waals surface area contributed by atoms with Crippen LogP contribution in [0.5, 0.6) is 0 Å². The molecule has 2 rings (SSSR count). The summed E-state index contributed by atoms with van der Waals surface area (Å²) < 4.78 is 5.48. The molecule has 0 aromatic carbocycles. The van der Waals surface area contributed by atoms with E-state index in [1.165, 1.54) is 0 Å². The Morgan fingerprint density at radius 3 is 3.35 bits per heavy atom. The average molecular weight is 255 g/mol. The molecular formula is C11H17N3O2S. The van der Waals surface area contributed by atoms with Crippen LogP contribution in [-0.4, -0.2) is 36.7 Å². The fraction of sp³-hybridized carbons (Fsp3) is 0.636. The molecule has 0 spiro atoms. The summed E-state index contributed by atoms with van der Waals surface area (Å²) in [7, 11) is 0. The minimum absolute atomic E-state index is 0.00718. The zero-order valence-corrected chi connectivity index (χ0v) is 10.6. The molecule has 0 radical (unpaired) electrons. The molecule has 0 aliphatic carbocycles. The van der Waals surface area contributed by atoms with Gasteiger partial charge >= 0.3 is 0 Å². The Balaban J connectivity index is 1.76. The van der Waals surface area contributed by atoms with Crippen LogP contribution in [0, 0.1) is 0 Å². The van der Waals surface area contributed by atoms with Crippen LogP contribution in [-0.2, 0) is 9.53 Å². The molecule has 1 fully saturated rings. The number of morpholine rings is 1. The number of aromatic nitrogens is 1. The standard InChI is InChI=1S/C11H17N3O2S/c1-8(11-13-3-5-17-11)14-10(15)6-9-7-12-2-4-16-9/h3,5,8-9,12H,2,4,6-7H2,1H3,(H,14,15). The van der Waals surface area contributed by atoms with E-state index < -0.39 is 0 Å². The lowest BCUT2D eigenvalue weighted by molar-refractivity contribution is -0.125. The molecule has 0 bridgehead atoms. The van der Waals surface area contributed by atoms with Gasteiger partial charge in [0.1, 0.15) is 5.01 Å². The summed E-state index contributed by atoms with van der Waals surface area (Å²) in [5, 5.41) is 8.98. The lowest BCUT2D eigenvalue weighted by Gasteiger charge is -2.23. The number of carbonyl (C=O) groups is 1. The molecule has 2 atom stereocenters. The van der Waals surface area contributed by atoms with Crippen molar-refractivity contribution in [2.75, 3.05) is 19.7 Å². The van der Waals surface area contributed by atoms with Gasteiger partial charge in [0, 0.05) is 24.7 Å². The topological polar surface area (TPSA) is 63.2 Å². The summed E-state index contributed by atoms with van der Waals surface area (Å²) in [6.07, 6.45) is 2.15. The molecule has 5 nitrogen and oxygen atoms in total. The van der Waals surface area contributed by atoms with Crippen molar-refractivity contribution in [1.29, 1.82) is 0 Å². The van der Waals surface area contributed by atoms with Crippen LogP contribution in [0.2, 0.25) is 0 Å². The highest BCUT2D eigenvalue weighted by atomic mass is 32.1. The zero-order valence-electron chi connectivity index (χ0n) is 9.81. The molecule has 1 saturated heterocycles. The molecule has 1 aromatic rings. The van der Waals surface area contributed by atoms with Crippen molar-refractivity contribution >= 4 is 17.2 Å². The second-order valence-electron chi connectivity index (χ2n) is 4.06. The molecule has 2 heterocycles. The molecule has 1 aromatic heterocycles. The number of amides is 1. The SMILES string of the molecule is CC(NC(=O)CC1CNCCO1)c1nccs1. The van der Waals surface area contributed by atoms with Gasteiger partial charge in [-0.15, -0.1) is 11.3 Å². The number of ether oxygens (including phenoxy) is 1. The highest BCUT2D eigenvalue weighted by Gasteiger charge is 2.19. The summed E-state index contributed by atoms with van der Waals surface area (Å²) in [5.74, 6) is 0.0152. The Kier molecular flexibility index (Phi) is 4.47. The number of nitrogens with zero attached hydrogens (tertiary/aromatic N) is 1. The van der Waals surface area contributed by atoms with Gasteiger partial charge in [0.15, 0.2) is 0 Å². The molecule has 94 valence electrons. The number of carbonyl (C=O) groups excluding carboxylic acids is 1. The van der Waals surface area contributed by atoms with Crippen LogP contribution in [0.1, 0.15) is 24.4 Å². The van der Waals surface area contributed by atoms with Crippen LogP contribution in [0.15, 0.2) is 11.6 Å². The minimum Gasteiger partial charge on any atom is -0.375 e. The average Bonchev–Trinajstić information content (AvgIpc) is 2.83. The van der Waals surface area contributed by atoms with Gasteiger partial charge in [0.2, 0.25) is 5.91 Å². The summed E-state index contributed by atoms with van der Waals surface area (Å²) in [5.41, 5.74) is 0. The third-order valence-electron chi connectivity index (χ3n) is 2.62. The fourth-order valence-corrected chi connectivity index (χ4v) is 2.41. The van der Waals surface area contributed by atoms with E-state index in [9.17, 15) is 4.79 Å². The first kappa shape index (κ1) is 12.5. The maximum absolute atomic E-state index is 11.8. The Labute approximate surface area is 105 Å². The molecule has 2 unspecified atom stereocenters. The van der Waals surface area contributed by atoms with E-state index in [2.05, 4.69) is 15.6 Å². The summed E-state index contributed by atoms with van der Waals surface area (Å²) in [6, 6.07) is -0.0287. The van der Waals surface area contributed by atoms with Gasteiger partial charge in [0.25, 0.3) is 0 Å². The molecular weight excluding hydrogens is 238 g/mol. The highest BCUT2D eigenvalue weighted by Crippen LogP contribution is 2.15. The number of hydrogen-bond acceptors (Lipinski definition) is 5. The van der Waals surface area contributed by atoms with Crippen LogP contribution in [0.25, 0.3) is 0 Å². The third-order valence-corrected chi connectivity index (χ3v) is 3.58. The van der Waals surface area contributed by atoms with E-state index in [0.29, 0.717) is 13.0 Å². The smallest absolute Gasteiger partial charge is 0.223 e. The van der Waals surface area contributed by atoms with Gasteiger partial charge in [-0.1, -0.05) is 0 Å². The first-order chi connectivity index (χ1) is 8.25. The van der Waals surface area contributed by atoms with Crippen molar-refractivity contribution in [2.24, 2.45) is 0 Å². The quantitative estimate of drug-likeness (QED) is 0.831. The second-order valence-corrected chi connectivity index (χ2v) is 4.99. The van der Waals surface area contributed by atoms with Gasteiger partial charge in [-0.2, -0.15) is 0 Å². The maximum Gasteiger partial charge on any atom is 0.223 e. The van der Waals surface area contributed by atoms with Crippen LogP contribution < -0.4 is 10.6 Å². The summed E-state index contributed by atoms with van der Waals surface area (Å²) >= 11 is 1.55. The second kappa shape index (κ2) is 6.09. The van der Waals surface area contributed by atoms with E-state index in [0.717, 1.165) is 18.1 Å². The monoisotopic (exact) mass is 255 g/mol. The van der Waals surface area contributed by atoms with Gasteiger partial charge in [0.05, 0.1) is 25.2 Å². The minimum atomic E-state index is -0.0287. The van der Waals surface area contributed by atoms with Crippen LogP contribution in [0.3, 0.4) is 0 Å². The van der Waals surface area contributed by atoms with Crippen molar-refractivity contribution < 1.29 is 9.53 Å². The predicted molar refractivity (Wildman–Crippen MR) is 65.9 cm³/mol. The highest BCUT2D eigenvalue weighted by molar-refractivity contribution is 7.09. The summed E-state index contributed by atoms with van der Waals surface area (Å²) in [6.45, 7) is 4.24. The molecule has 2 N–H and O–H groups in total. The molecule has 1 aliphatic rings. The van der Waals surface area contributed by atoms with Crippen molar-refractivity contribution in [3.63, 3.8) is 0 Å². The molecule has 0 saturated carbocycles. The van der Waals surface area contributed by atoms with Gasteiger partial charge in [-0.25, -0.2) is 4.98 Å². The van der Waals surface area contributed by atoms with Gasteiger partial charge in [-0.05, 0) is 6.92 Å². The number of nitrogens with one attached hydrogen (secondary N) is 2. The first-order valence-electron chi connectivity index (χ1n) is 5.77. The van der Waals surface area contributed by atoms with Crippen molar-refractivity contribution in [2.45, 2.75) is 25.5 Å². The van der Waals surface area contributed by atoms with Crippen molar-refractivity contribution in [3.8, 4) is 0 Å². The number of hydrogen-bond donors (Lipinski definition) is 2. The van der Waals surface area contributed by atoms with E-state index in [4.69, 9.17) is 4.74 Å². The third kappa shape index (κ3) is 3.76. The Hall–Kier alpha value is -0.980. The molecule has 6 heteroatoms. The van der Waals surface area contributed by atoms with Crippen molar-refractivity contribution in [1.82, 2.24) is 15.6 Å². The Morgan fingerprint density at radius 1 is 1.82 bits per heavy atom. The first-order valence-corrected chi connectivity index (χ1v) is 6.64. The maximum atomic E-state index is 11.8. The fourth-order valence-electron chi connectivity index (χ4n) is 1.77. The lowest BCUT2D eigenvalue weighted by Crippen LogP contribution is -2.41. The van der Waals surface area contributed by atoms with Crippen molar-refractivity contribution in [3.05, 3.63) is 16.6 Å². The Morgan fingerprint density at radius 2 is 2.71 bits per heavy atom. The van der Waals surface area contributed by atoms with Crippen LogP contribution in [0.4, 0.5) is 0 Å². The van der Waals surface area contributed by atoms with E-state index in [1.807, 2.05) is 12.3 Å². The van der Waals surface area contributed by atoms with Gasteiger partial charge in [-0.3, -0.25) is 4.79 Å². The largest absolute Gasteiger partial charge is 0.375 e.